The van der Waals surface area contributed by atoms with Crippen molar-refractivity contribution < 1.29 is 47.7 Å². The lowest BCUT2D eigenvalue weighted by molar-refractivity contribution is -0.671. The topological polar surface area (TPSA) is 86.3 Å². The molecule has 0 bridgehead atoms. The number of aryl methyl sites for hydroxylation is 1. The monoisotopic (exact) mass is 466 g/mol. The molecule has 0 N–H and O–H groups in total. The third-order valence-electron chi connectivity index (χ3n) is 3.32. The number of pyridine rings is 1. The summed E-state index contributed by atoms with van der Waals surface area (Å²) >= 11 is 0. The highest BCUT2D eigenvalue weighted by Gasteiger charge is 2.46. The van der Waals surface area contributed by atoms with Gasteiger partial charge in [0.2, 0.25) is 5.52 Å². The molecule has 2 rings (SSSR count). The molecule has 0 radical (unpaired) electrons. The van der Waals surface area contributed by atoms with Crippen molar-refractivity contribution in [2.24, 2.45) is 0 Å². The van der Waals surface area contributed by atoms with E-state index in [-0.39, 0.29) is 0 Å². The van der Waals surface area contributed by atoms with Crippen molar-refractivity contribution in [1.82, 2.24) is 0 Å². The van der Waals surface area contributed by atoms with E-state index in [0.717, 1.165) is 10.7 Å². The van der Waals surface area contributed by atoms with Crippen LogP contribution in [-0.4, -0.2) is 27.9 Å². The van der Waals surface area contributed by atoms with Gasteiger partial charge in [0.05, 0.1) is 0 Å². The van der Waals surface area contributed by atoms with E-state index < -0.39 is 31.1 Å². The molecule has 14 heteroatoms. The maximum Gasteiger partial charge on any atom is 0.480 e. The van der Waals surface area contributed by atoms with E-state index >= 15 is 0 Å². The molecule has 2 aromatic rings. The predicted molar refractivity (Wildman–Crippen MR) is 92.4 cm³/mol. The Morgan fingerprint density at radius 3 is 1.83 bits per heavy atom. The number of fused-ring (bicyclic) bond motifs is 1. The van der Waals surface area contributed by atoms with Gasteiger partial charge in [0.1, 0.15) is 6.54 Å². The maximum absolute atomic E-state index is 11.4. The van der Waals surface area contributed by atoms with E-state index in [4.69, 9.17) is 0 Å². The summed E-state index contributed by atoms with van der Waals surface area (Å²) in [5.74, 6) is 0. The number of rotatable bonds is 5. The molecule has 0 saturated heterocycles. The van der Waals surface area contributed by atoms with Gasteiger partial charge in [-0.25, -0.2) is 16.8 Å². The molecule has 164 valence electrons. The Labute approximate surface area is 163 Å². The molecular formula is C15H16F6N2O4S2. The second kappa shape index (κ2) is 9.26. The summed E-state index contributed by atoms with van der Waals surface area (Å²) in [6.07, 6.45) is 4.66. The van der Waals surface area contributed by atoms with Gasteiger partial charge in [-0.1, -0.05) is 25.5 Å². The van der Waals surface area contributed by atoms with Gasteiger partial charge in [0.25, 0.3) is 0 Å². The smallest absolute Gasteiger partial charge is 0.421 e. The van der Waals surface area contributed by atoms with E-state index in [1.807, 2.05) is 0 Å². The van der Waals surface area contributed by atoms with Gasteiger partial charge >= 0.3 is 11.0 Å². The lowest BCUT2D eigenvalue weighted by atomic mass is 10.2. The third kappa shape index (κ3) is 6.82. The van der Waals surface area contributed by atoms with Crippen molar-refractivity contribution in [3.8, 4) is 0 Å². The average Bonchev–Trinajstić information content (AvgIpc) is 2.57. The fourth-order valence-corrected chi connectivity index (χ4v) is 3.67. The number of hydrogen-bond donors (Lipinski definition) is 0. The molecule has 0 fully saturated rings. The van der Waals surface area contributed by atoms with E-state index in [0.29, 0.717) is 0 Å². The van der Waals surface area contributed by atoms with Gasteiger partial charge in [-0.2, -0.15) is 30.9 Å². The Morgan fingerprint density at radius 2 is 1.34 bits per heavy atom. The second-order valence-electron chi connectivity index (χ2n) is 5.53. The van der Waals surface area contributed by atoms with Crippen LogP contribution in [0.5, 0.6) is 0 Å². The maximum atomic E-state index is 11.4. The zero-order valence-corrected chi connectivity index (χ0v) is 16.4. The summed E-state index contributed by atoms with van der Waals surface area (Å²) < 4.78 is 112. The molecule has 0 atom stereocenters. The van der Waals surface area contributed by atoms with Crippen LogP contribution in [0.1, 0.15) is 19.8 Å². The minimum Gasteiger partial charge on any atom is -0.421 e. The summed E-state index contributed by atoms with van der Waals surface area (Å²) in [4.78, 5) is 0. The fourth-order valence-electron chi connectivity index (χ4n) is 1.96. The van der Waals surface area contributed by atoms with Crippen LogP contribution in [0.4, 0.5) is 26.3 Å². The van der Waals surface area contributed by atoms with Crippen LogP contribution < -0.4 is 4.57 Å². The number of halogens is 6. The van der Waals surface area contributed by atoms with Crippen molar-refractivity contribution in [1.29, 1.82) is 0 Å². The SMILES string of the molecule is CCCC[n+]1cccc2ccccc21.O=S(=O)([N-]S(=O)(=O)C(F)(F)F)C(F)(F)F. The highest BCUT2D eigenvalue weighted by Crippen LogP contribution is 2.36. The summed E-state index contributed by atoms with van der Waals surface area (Å²) in [5.41, 5.74) is -11.1. The van der Waals surface area contributed by atoms with Crippen LogP contribution in [0.25, 0.3) is 15.0 Å². The first-order valence-electron chi connectivity index (χ1n) is 7.86. The summed E-state index contributed by atoms with van der Waals surface area (Å²) in [5, 5.41) is 1.33. The summed E-state index contributed by atoms with van der Waals surface area (Å²) in [7, 11) is -13.4. The van der Waals surface area contributed by atoms with Crippen LogP contribution in [0.15, 0.2) is 42.6 Å². The lowest BCUT2D eigenvalue weighted by Crippen LogP contribution is -2.33. The normalized spacial score (nSPS) is 13.1. The molecule has 6 nitrogen and oxygen atoms in total. The largest absolute Gasteiger partial charge is 0.480 e. The minimum atomic E-state index is -6.72. The molecule has 1 heterocycles. The van der Waals surface area contributed by atoms with Crippen LogP contribution in [0.2, 0.25) is 0 Å². The van der Waals surface area contributed by atoms with Crippen molar-refractivity contribution in [3.05, 3.63) is 46.7 Å². The molecule has 0 aliphatic rings. The molecule has 0 aliphatic carbocycles. The number of alkyl halides is 6. The Morgan fingerprint density at radius 1 is 0.862 bits per heavy atom. The van der Waals surface area contributed by atoms with Crippen molar-refractivity contribution in [3.63, 3.8) is 0 Å². The number of hydrogen-bond acceptors (Lipinski definition) is 4. The first kappa shape index (κ1) is 25.1. The van der Waals surface area contributed by atoms with Crippen molar-refractivity contribution >= 4 is 30.9 Å². The molecule has 0 aliphatic heterocycles. The number of nitrogens with zero attached hydrogens (tertiary/aromatic N) is 2. The van der Waals surface area contributed by atoms with Gasteiger partial charge < -0.3 is 4.13 Å². The Kier molecular flexibility index (Phi) is 8.01. The molecule has 1 aromatic heterocycles. The first-order chi connectivity index (χ1) is 13.1. The van der Waals surface area contributed by atoms with E-state index in [2.05, 4.69) is 54.1 Å². The van der Waals surface area contributed by atoms with Crippen LogP contribution >= 0.6 is 0 Å². The van der Waals surface area contributed by atoms with Gasteiger partial charge in [0, 0.05) is 23.9 Å². The lowest BCUT2D eigenvalue weighted by Gasteiger charge is -2.22. The molecule has 29 heavy (non-hydrogen) atoms. The third-order valence-corrected chi connectivity index (χ3v) is 6.06. The van der Waals surface area contributed by atoms with Crippen LogP contribution in [0, 0.1) is 0 Å². The number of unbranched alkanes of at least 4 members (excludes halogenated alkanes) is 1. The molecule has 1 aromatic carbocycles. The van der Waals surface area contributed by atoms with E-state index in [1.54, 1.807) is 0 Å². The number of aromatic nitrogens is 1. The minimum absolute atomic E-state index is 0.778. The average molecular weight is 466 g/mol. The van der Waals surface area contributed by atoms with Crippen LogP contribution in [-0.2, 0) is 26.6 Å². The van der Waals surface area contributed by atoms with Gasteiger partial charge in [-0.3, -0.25) is 0 Å². The number of sulfonamides is 2. The van der Waals surface area contributed by atoms with Gasteiger partial charge in [-0.15, -0.1) is 0 Å². The standard InChI is InChI=1S/C13H16N.C2F6NO4S2/c1-2-3-10-14-11-6-8-12-7-4-5-9-13(12)14;3-1(4,5)14(10,11)9-15(12,13)2(6,7)8/h4-9,11H,2-3,10H2,1H3;/q+1;-1. The zero-order chi connectivity index (χ0) is 22.5. The Balaban J connectivity index is 0.000000290. The number of para-hydroxylation sites is 1. The first-order valence-corrected chi connectivity index (χ1v) is 10.7. The fraction of sp³-hybridized carbons (Fsp3) is 0.400. The summed E-state index contributed by atoms with van der Waals surface area (Å²) in [6.45, 7) is 3.35. The molecule has 0 saturated carbocycles. The molecule has 0 unspecified atom stereocenters. The molecular weight excluding hydrogens is 450 g/mol. The number of benzene rings is 1. The van der Waals surface area contributed by atoms with E-state index in [1.165, 1.54) is 23.7 Å². The van der Waals surface area contributed by atoms with Crippen molar-refractivity contribution in [2.45, 2.75) is 37.3 Å². The van der Waals surface area contributed by atoms with Crippen LogP contribution in [0.3, 0.4) is 0 Å². The highest BCUT2D eigenvalue weighted by atomic mass is 32.3. The quantitative estimate of drug-likeness (QED) is 0.493. The van der Waals surface area contributed by atoms with Crippen molar-refractivity contribution in [2.75, 3.05) is 0 Å². The molecule has 0 amide bonds. The Bertz CT molecular complexity index is 987. The second-order valence-corrected chi connectivity index (χ2v) is 8.95. The summed E-state index contributed by atoms with van der Waals surface area (Å²) in [6, 6.07) is 12.8. The zero-order valence-electron chi connectivity index (χ0n) is 14.8. The Hall–Kier alpha value is -1.93. The predicted octanol–water partition coefficient (Wildman–Crippen LogP) is 3.99. The van der Waals surface area contributed by atoms with Gasteiger partial charge in [-0.05, 0) is 12.1 Å². The van der Waals surface area contributed by atoms with E-state index in [9.17, 15) is 43.2 Å². The highest BCUT2D eigenvalue weighted by molar-refractivity contribution is 8.13. The van der Waals surface area contributed by atoms with Gasteiger partial charge in [0.15, 0.2) is 26.2 Å². The molecule has 0 spiro atoms.